The average molecular weight is 419 g/mol. The van der Waals surface area contributed by atoms with Crippen molar-refractivity contribution >= 4 is 46.1 Å². The van der Waals surface area contributed by atoms with Gasteiger partial charge in [-0.25, -0.2) is 4.98 Å². The summed E-state index contributed by atoms with van der Waals surface area (Å²) in [6, 6.07) is 13.9. The van der Waals surface area contributed by atoms with Gasteiger partial charge in [0.2, 0.25) is 17.8 Å². The number of para-hydroxylation sites is 2. The topological polar surface area (TPSA) is 96.3 Å². The summed E-state index contributed by atoms with van der Waals surface area (Å²) in [4.78, 5) is 43.4. The Bertz CT molecular complexity index is 1140. The quantitative estimate of drug-likeness (QED) is 0.610. The SMILES string of the molecule is CCCCN1C(=O)[C@@H](CC(=O)Nc2ccc(NC(C)=O)cc2)n2c1nc1ccccc12. The normalized spacial score (nSPS) is 15.2. The van der Waals surface area contributed by atoms with Crippen LogP contribution in [-0.2, 0) is 14.4 Å². The lowest BCUT2D eigenvalue weighted by atomic mass is 10.1. The molecule has 1 aliphatic heterocycles. The molecule has 8 heteroatoms. The molecule has 31 heavy (non-hydrogen) atoms. The number of fused-ring (bicyclic) bond motifs is 3. The van der Waals surface area contributed by atoms with Gasteiger partial charge in [-0.1, -0.05) is 25.5 Å². The van der Waals surface area contributed by atoms with Gasteiger partial charge >= 0.3 is 0 Å². The first-order chi connectivity index (χ1) is 15.0. The summed E-state index contributed by atoms with van der Waals surface area (Å²) in [6.45, 7) is 4.10. The van der Waals surface area contributed by atoms with E-state index in [0.29, 0.717) is 23.9 Å². The molecule has 0 saturated heterocycles. The van der Waals surface area contributed by atoms with E-state index in [1.807, 2.05) is 28.8 Å². The molecule has 2 N–H and O–H groups in total. The summed E-state index contributed by atoms with van der Waals surface area (Å²) in [5, 5.41) is 5.53. The van der Waals surface area contributed by atoms with E-state index in [9.17, 15) is 14.4 Å². The number of benzene rings is 2. The van der Waals surface area contributed by atoms with Crippen LogP contribution in [0.25, 0.3) is 11.0 Å². The highest BCUT2D eigenvalue weighted by atomic mass is 16.2. The van der Waals surface area contributed by atoms with E-state index < -0.39 is 6.04 Å². The predicted molar refractivity (Wildman–Crippen MR) is 120 cm³/mol. The van der Waals surface area contributed by atoms with Crippen LogP contribution < -0.4 is 15.5 Å². The lowest BCUT2D eigenvalue weighted by Crippen LogP contribution is -2.32. The molecule has 0 bridgehead atoms. The standard InChI is InChI=1S/C23H25N5O3/c1-3-4-13-27-22(31)20(28-19-8-6-5-7-18(19)26-23(27)28)14-21(30)25-17-11-9-16(10-12-17)24-15(2)29/h5-12,20H,3-4,13-14H2,1-2H3,(H,24,29)(H,25,30)/t20-/m1/s1. The third-order valence-electron chi connectivity index (χ3n) is 5.28. The average Bonchev–Trinajstić information content (AvgIpc) is 3.23. The van der Waals surface area contributed by atoms with Crippen molar-refractivity contribution in [3.8, 4) is 0 Å². The fourth-order valence-corrected chi connectivity index (χ4v) is 3.85. The van der Waals surface area contributed by atoms with Gasteiger partial charge in [-0.3, -0.25) is 23.9 Å². The predicted octanol–water partition coefficient (Wildman–Crippen LogP) is 3.71. The van der Waals surface area contributed by atoms with Gasteiger partial charge in [0.05, 0.1) is 17.5 Å². The number of carbonyl (C=O) groups excluding carboxylic acids is 3. The summed E-state index contributed by atoms with van der Waals surface area (Å²) in [7, 11) is 0. The highest BCUT2D eigenvalue weighted by Gasteiger charge is 2.40. The van der Waals surface area contributed by atoms with Crippen LogP contribution in [0.2, 0.25) is 0 Å². The first kappa shape index (κ1) is 20.6. The fraction of sp³-hybridized carbons (Fsp3) is 0.304. The second-order valence-electron chi connectivity index (χ2n) is 7.64. The van der Waals surface area contributed by atoms with Gasteiger partial charge in [0.25, 0.3) is 5.91 Å². The van der Waals surface area contributed by atoms with Crippen LogP contribution in [0.5, 0.6) is 0 Å². The van der Waals surface area contributed by atoms with Gasteiger partial charge in [-0.15, -0.1) is 0 Å². The number of rotatable bonds is 7. The Kier molecular flexibility index (Phi) is 5.70. The molecule has 2 heterocycles. The second-order valence-corrected chi connectivity index (χ2v) is 7.64. The van der Waals surface area contributed by atoms with Crippen LogP contribution >= 0.6 is 0 Å². The minimum atomic E-state index is -0.627. The van der Waals surface area contributed by atoms with Gasteiger partial charge in [0, 0.05) is 24.8 Å². The van der Waals surface area contributed by atoms with Crippen LogP contribution in [0, 0.1) is 0 Å². The molecular weight excluding hydrogens is 394 g/mol. The van der Waals surface area contributed by atoms with Crippen LogP contribution in [0.15, 0.2) is 48.5 Å². The molecule has 0 fully saturated rings. The Hall–Kier alpha value is -3.68. The molecule has 1 atom stereocenters. The van der Waals surface area contributed by atoms with Crippen molar-refractivity contribution in [2.24, 2.45) is 0 Å². The number of nitrogens with zero attached hydrogens (tertiary/aromatic N) is 3. The zero-order valence-corrected chi connectivity index (χ0v) is 17.6. The number of aromatic nitrogens is 2. The third kappa shape index (κ3) is 4.14. The Morgan fingerprint density at radius 2 is 1.71 bits per heavy atom. The maximum atomic E-state index is 13.2. The maximum Gasteiger partial charge on any atom is 0.253 e. The highest BCUT2D eigenvalue weighted by Crippen LogP contribution is 2.36. The molecule has 0 radical (unpaired) electrons. The number of nitrogens with one attached hydrogen (secondary N) is 2. The van der Waals surface area contributed by atoms with Crippen molar-refractivity contribution in [2.75, 3.05) is 22.1 Å². The molecule has 0 unspecified atom stereocenters. The number of carbonyl (C=O) groups is 3. The second kappa shape index (κ2) is 8.59. The lowest BCUT2D eigenvalue weighted by molar-refractivity contribution is -0.124. The summed E-state index contributed by atoms with van der Waals surface area (Å²) >= 11 is 0. The zero-order valence-electron chi connectivity index (χ0n) is 17.6. The molecule has 8 nitrogen and oxygen atoms in total. The van der Waals surface area contributed by atoms with Crippen molar-refractivity contribution < 1.29 is 14.4 Å². The van der Waals surface area contributed by atoms with E-state index in [1.165, 1.54) is 6.92 Å². The number of unbranched alkanes of at least 4 members (excludes halogenated alkanes) is 1. The van der Waals surface area contributed by atoms with Crippen LogP contribution in [-0.4, -0.2) is 33.8 Å². The Balaban J connectivity index is 1.54. The van der Waals surface area contributed by atoms with Crippen LogP contribution in [0.1, 0.15) is 39.2 Å². The van der Waals surface area contributed by atoms with E-state index in [4.69, 9.17) is 0 Å². The van der Waals surface area contributed by atoms with E-state index in [1.54, 1.807) is 29.2 Å². The number of hydrogen-bond acceptors (Lipinski definition) is 4. The minimum absolute atomic E-state index is 0.0161. The molecule has 2 aromatic carbocycles. The van der Waals surface area contributed by atoms with Gasteiger partial charge in [0.15, 0.2) is 0 Å². The lowest BCUT2D eigenvalue weighted by Gasteiger charge is -2.15. The van der Waals surface area contributed by atoms with Crippen molar-refractivity contribution in [3.05, 3.63) is 48.5 Å². The molecule has 3 aromatic rings. The molecule has 1 aliphatic rings. The number of imidazole rings is 1. The van der Waals surface area contributed by atoms with Gasteiger partial charge in [-0.2, -0.15) is 0 Å². The minimum Gasteiger partial charge on any atom is -0.326 e. The first-order valence-corrected chi connectivity index (χ1v) is 10.4. The molecular formula is C23H25N5O3. The zero-order chi connectivity index (χ0) is 22.0. The molecule has 0 saturated carbocycles. The van der Waals surface area contributed by atoms with Gasteiger partial charge in [0.1, 0.15) is 6.04 Å². The van der Waals surface area contributed by atoms with E-state index in [0.717, 1.165) is 23.9 Å². The van der Waals surface area contributed by atoms with Crippen LogP contribution in [0.3, 0.4) is 0 Å². The number of amides is 3. The summed E-state index contributed by atoms with van der Waals surface area (Å²) in [5.74, 6) is 0.0918. The van der Waals surface area contributed by atoms with Crippen molar-refractivity contribution in [1.82, 2.24) is 9.55 Å². The van der Waals surface area contributed by atoms with Crippen LogP contribution in [0.4, 0.5) is 17.3 Å². The summed E-state index contributed by atoms with van der Waals surface area (Å²) in [5.41, 5.74) is 2.91. The number of hydrogen-bond donors (Lipinski definition) is 2. The van der Waals surface area contributed by atoms with Crippen molar-refractivity contribution in [1.29, 1.82) is 0 Å². The highest BCUT2D eigenvalue weighted by molar-refractivity contribution is 6.05. The molecule has 3 amide bonds. The summed E-state index contributed by atoms with van der Waals surface area (Å²) < 4.78 is 1.88. The van der Waals surface area contributed by atoms with Gasteiger partial charge < -0.3 is 10.6 Å². The number of anilines is 3. The third-order valence-corrected chi connectivity index (χ3v) is 5.28. The Morgan fingerprint density at radius 3 is 2.39 bits per heavy atom. The molecule has 160 valence electrons. The Labute approximate surface area is 180 Å². The molecule has 1 aromatic heterocycles. The largest absolute Gasteiger partial charge is 0.326 e. The monoisotopic (exact) mass is 419 g/mol. The molecule has 4 rings (SSSR count). The molecule has 0 spiro atoms. The van der Waals surface area contributed by atoms with Crippen molar-refractivity contribution in [3.63, 3.8) is 0 Å². The maximum absolute atomic E-state index is 13.2. The van der Waals surface area contributed by atoms with Gasteiger partial charge in [-0.05, 0) is 42.8 Å². The van der Waals surface area contributed by atoms with E-state index in [-0.39, 0.29) is 24.1 Å². The smallest absolute Gasteiger partial charge is 0.253 e. The van der Waals surface area contributed by atoms with E-state index in [2.05, 4.69) is 22.5 Å². The Morgan fingerprint density at radius 1 is 1.03 bits per heavy atom. The van der Waals surface area contributed by atoms with Crippen molar-refractivity contribution in [2.45, 2.75) is 39.2 Å². The first-order valence-electron chi connectivity index (χ1n) is 10.4. The van der Waals surface area contributed by atoms with E-state index >= 15 is 0 Å². The molecule has 0 aliphatic carbocycles. The fourth-order valence-electron chi connectivity index (χ4n) is 3.85. The summed E-state index contributed by atoms with van der Waals surface area (Å²) in [6.07, 6.45) is 1.85.